The number of nitrogens with zero attached hydrogens (tertiary/aromatic N) is 1. The second kappa shape index (κ2) is 8.25. The number of para-hydroxylation sites is 1. The lowest BCUT2D eigenvalue weighted by atomic mass is 10.1. The number of anilines is 1. The number of fused-ring (bicyclic) bond motifs is 1. The molecule has 0 saturated carbocycles. The summed E-state index contributed by atoms with van der Waals surface area (Å²) in [5.74, 6) is 0.451. The third-order valence-electron chi connectivity index (χ3n) is 3.97. The van der Waals surface area contributed by atoms with Crippen molar-refractivity contribution >= 4 is 28.3 Å². The van der Waals surface area contributed by atoms with Gasteiger partial charge in [0.1, 0.15) is 5.75 Å². The molecule has 26 heavy (non-hydrogen) atoms. The van der Waals surface area contributed by atoms with Crippen LogP contribution in [-0.2, 0) is 4.79 Å². The summed E-state index contributed by atoms with van der Waals surface area (Å²) in [6.07, 6.45) is 1.96. The van der Waals surface area contributed by atoms with Crippen molar-refractivity contribution in [1.29, 1.82) is 0 Å². The number of carbonyl (C=O) groups is 2. The third kappa shape index (κ3) is 4.25. The van der Waals surface area contributed by atoms with Crippen LogP contribution in [0.4, 0.5) is 5.69 Å². The van der Waals surface area contributed by atoms with E-state index in [1.54, 1.807) is 30.5 Å². The average molecular weight is 348 g/mol. The molecule has 0 aliphatic rings. The van der Waals surface area contributed by atoms with Gasteiger partial charge in [-0.15, -0.1) is 0 Å². The molecular formula is C21H20N2O3. The zero-order valence-electron chi connectivity index (χ0n) is 14.6. The molecule has 0 bridgehead atoms. The summed E-state index contributed by atoms with van der Waals surface area (Å²) in [5.41, 5.74) is 1.97. The number of ether oxygens (including phenoxy) is 1. The molecular weight excluding hydrogens is 328 g/mol. The van der Waals surface area contributed by atoms with Crippen molar-refractivity contribution in [2.75, 3.05) is 11.9 Å². The van der Waals surface area contributed by atoms with E-state index in [4.69, 9.17) is 4.74 Å². The van der Waals surface area contributed by atoms with Crippen LogP contribution < -0.4 is 10.1 Å². The van der Waals surface area contributed by atoms with Gasteiger partial charge in [-0.2, -0.15) is 0 Å². The van der Waals surface area contributed by atoms with Crippen LogP contribution in [0.15, 0.2) is 60.8 Å². The van der Waals surface area contributed by atoms with Crippen LogP contribution in [0, 0.1) is 0 Å². The molecule has 0 aliphatic carbocycles. The van der Waals surface area contributed by atoms with Crippen molar-refractivity contribution in [1.82, 2.24) is 4.98 Å². The minimum atomic E-state index is -0.206. The maximum atomic E-state index is 12.2. The van der Waals surface area contributed by atoms with E-state index in [-0.39, 0.29) is 24.5 Å². The van der Waals surface area contributed by atoms with Crippen molar-refractivity contribution in [3.05, 3.63) is 66.4 Å². The van der Waals surface area contributed by atoms with Crippen LogP contribution in [0.1, 0.15) is 30.1 Å². The van der Waals surface area contributed by atoms with E-state index < -0.39 is 0 Å². The molecule has 0 spiro atoms. The second-order valence-electron chi connectivity index (χ2n) is 5.81. The standard InChI is InChI=1S/C21H20N2O3/c1-2-26-17-10-8-15(9-11-17)19(24)12-13-20(25)23-18-7-3-5-16-6-4-14-22-21(16)18/h3-11,14H,2,12-13H2,1H3,(H,23,25). The largest absolute Gasteiger partial charge is 0.494 e. The molecule has 5 nitrogen and oxygen atoms in total. The van der Waals surface area contributed by atoms with E-state index in [1.165, 1.54) is 0 Å². The topological polar surface area (TPSA) is 68.3 Å². The van der Waals surface area contributed by atoms with Gasteiger partial charge >= 0.3 is 0 Å². The molecule has 132 valence electrons. The normalized spacial score (nSPS) is 10.5. The Labute approximate surface area is 152 Å². The molecule has 0 radical (unpaired) electrons. The summed E-state index contributed by atoms with van der Waals surface area (Å²) in [6, 6.07) is 16.4. The number of hydrogen-bond donors (Lipinski definition) is 1. The number of nitrogens with one attached hydrogen (secondary N) is 1. The van der Waals surface area contributed by atoms with Gasteiger partial charge in [-0.1, -0.05) is 18.2 Å². The van der Waals surface area contributed by atoms with Crippen LogP contribution in [0.5, 0.6) is 5.75 Å². The molecule has 3 rings (SSSR count). The zero-order chi connectivity index (χ0) is 18.4. The molecule has 0 atom stereocenters. The number of benzene rings is 2. The summed E-state index contributed by atoms with van der Waals surface area (Å²) in [6.45, 7) is 2.49. The van der Waals surface area contributed by atoms with E-state index >= 15 is 0 Å². The molecule has 0 fully saturated rings. The lowest BCUT2D eigenvalue weighted by molar-refractivity contribution is -0.116. The Balaban J connectivity index is 1.59. The third-order valence-corrected chi connectivity index (χ3v) is 3.97. The summed E-state index contributed by atoms with van der Waals surface area (Å²) in [5, 5.41) is 3.80. The Morgan fingerprint density at radius 3 is 2.54 bits per heavy atom. The first-order valence-electron chi connectivity index (χ1n) is 8.57. The highest BCUT2D eigenvalue weighted by Crippen LogP contribution is 2.21. The van der Waals surface area contributed by atoms with Crippen LogP contribution in [-0.4, -0.2) is 23.3 Å². The van der Waals surface area contributed by atoms with Crippen LogP contribution in [0.2, 0.25) is 0 Å². The number of hydrogen-bond acceptors (Lipinski definition) is 4. The highest BCUT2D eigenvalue weighted by atomic mass is 16.5. The fourth-order valence-corrected chi connectivity index (χ4v) is 2.69. The van der Waals surface area contributed by atoms with Gasteiger partial charge in [-0.05, 0) is 43.3 Å². The fraction of sp³-hybridized carbons (Fsp3) is 0.190. The highest BCUT2D eigenvalue weighted by Gasteiger charge is 2.11. The van der Waals surface area contributed by atoms with Crippen LogP contribution in [0.25, 0.3) is 10.9 Å². The van der Waals surface area contributed by atoms with Gasteiger partial charge in [-0.3, -0.25) is 14.6 Å². The minimum Gasteiger partial charge on any atom is -0.494 e. The van der Waals surface area contributed by atoms with Gasteiger partial charge in [0.2, 0.25) is 5.91 Å². The smallest absolute Gasteiger partial charge is 0.224 e. The quantitative estimate of drug-likeness (QED) is 0.649. The van der Waals surface area contributed by atoms with Crippen molar-refractivity contribution in [2.45, 2.75) is 19.8 Å². The molecule has 1 N–H and O–H groups in total. The molecule has 1 aromatic heterocycles. The molecule has 3 aromatic rings. The zero-order valence-corrected chi connectivity index (χ0v) is 14.6. The Hall–Kier alpha value is -3.21. The predicted octanol–water partition coefficient (Wildman–Crippen LogP) is 4.24. The van der Waals surface area contributed by atoms with Crippen molar-refractivity contribution in [3.63, 3.8) is 0 Å². The van der Waals surface area contributed by atoms with Gasteiger partial charge in [0, 0.05) is 30.0 Å². The number of aromatic nitrogens is 1. The van der Waals surface area contributed by atoms with Gasteiger partial charge < -0.3 is 10.1 Å². The molecule has 0 saturated heterocycles. The summed E-state index contributed by atoms with van der Waals surface area (Å²) >= 11 is 0. The van der Waals surface area contributed by atoms with E-state index in [9.17, 15) is 9.59 Å². The monoisotopic (exact) mass is 348 g/mol. The van der Waals surface area contributed by atoms with E-state index in [1.807, 2.05) is 37.3 Å². The molecule has 0 aliphatic heterocycles. The molecule has 5 heteroatoms. The summed E-state index contributed by atoms with van der Waals surface area (Å²) in [4.78, 5) is 28.8. The first kappa shape index (κ1) is 17.6. The first-order chi connectivity index (χ1) is 12.7. The Bertz CT molecular complexity index is 915. The predicted molar refractivity (Wildman–Crippen MR) is 102 cm³/mol. The highest BCUT2D eigenvalue weighted by molar-refractivity contribution is 6.03. The number of rotatable bonds is 7. The molecule has 1 amide bonds. The maximum absolute atomic E-state index is 12.2. The van der Waals surface area contributed by atoms with E-state index in [0.717, 1.165) is 16.7 Å². The van der Waals surface area contributed by atoms with E-state index in [0.29, 0.717) is 17.9 Å². The fourth-order valence-electron chi connectivity index (χ4n) is 2.69. The Kier molecular flexibility index (Phi) is 5.59. The van der Waals surface area contributed by atoms with Crippen molar-refractivity contribution in [2.24, 2.45) is 0 Å². The lowest BCUT2D eigenvalue weighted by Gasteiger charge is -2.08. The first-order valence-corrected chi connectivity index (χ1v) is 8.57. The van der Waals surface area contributed by atoms with Crippen molar-refractivity contribution in [3.8, 4) is 5.75 Å². The van der Waals surface area contributed by atoms with Crippen LogP contribution in [0.3, 0.4) is 0 Å². The van der Waals surface area contributed by atoms with Crippen LogP contribution >= 0.6 is 0 Å². The minimum absolute atomic E-state index is 0.0701. The summed E-state index contributed by atoms with van der Waals surface area (Å²) in [7, 11) is 0. The lowest BCUT2D eigenvalue weighted by Crippen LogP contribution is -2.14. The Morgan fingerprint density at radius 2 is 1.77 bits per heavy atom. The molecule has 1 heterocycles. The van der Waals surface area contributed by atoms with Crippen molar-refractivity contribution < 1.29 is 14.3 Å². The average Bonchev–Trinajstić information content (AvgIpc) is 2.67. The number of pyridine rings is 1. The molecule has 2 aromatic carbocycles. The van der Waals surface area contributed by atoms with Gasteiger partial charge in [0.25, 0.3) is 0 Å². The van der Waals surface area contributed by atoms with Gasteiger partial charge in [0.05, 0.1) is 17.8 Å². The Morgan fingerprint density at radius 1 is 1.00 bits per heavy atom. The maximum Gasteiger partial charge on any atom is 0.224 e. The number of amides is 1. The number of ketones is 1. The summed E-state index contributed by atoms with van der Waals surface area (Å²) < 4.78 is 5.36. The number of Topliss-reactive ketones (excluding diaryl/α,β-unsaturated/α-hetero) is 1. The number of carbonyl (C=O) groups excluding carboxylic acids is 2. The second-order valence-corrected chi connectivity index (χ2v) is 5.81. The SMILES string of the molecule is CCOc1ccc(C(=O)CCC(=O)Nc2cccc3cccnc23)cc1. The van der Waals surface area contributed by atoms with E-state index in [2.05, 4.69) is 10.3 Å². The van der Waals surface area contributed by atoms with Gasteiger partial charge in [-0.25, -0.2) is 0 Å². The van der Waals surface area contributed by atoms with Gasteiger partial charge in [0.15, 0.2) is 5.78 Å². The molecule has 0 unspecified atom stereocenters.